The molecular weight excluding hydrogens is 316 g/mol. The highest BCUT2D eigenvalue weighted by Gasteiger charge is 2.29. The van der Waals surface area contributed by atoms with E-state index in [-0.39, 0.29) is 6.17 Å². The fourth-order valence-corrected chi connectivity index (χ4v) is 4.09. The van der Waals surface area contributed by atoms with Crippen molar-refractivity contribution in [1.29, 1.82) is 0 Å². The van der Waals surface area contributed by atoms with Crippen molar-refractivity contribution >= 4 is 17.1 Å². The number of fused-ring (bicyclic) bond motifs is 3. The van der Waals surface area contributed by atoms with Gasteiger partial charge < -0.3 is 9.80 Å². The Morgan fingerprint density at radius 3 is 2.00 bits per heavy atom. The minimum absolute atomic E-state index is 0.208. The summed E-state index contributed by atoms with van der Waals surface area (Å²) in [5.41, 5.74) is 10.4. The van der Waals surface area contributed by atoms with Crippen molar-refractivity contribution in [3.63, 3.8) is 0 Å². The number of benzene rings is 3. The molecule has 0 saturated heterocycles. The molecule has 1 heterocycles. The van der Waals surface area contributed by atoms with E-state index >= 15 is 0 Å². The molecule has 1 aliphatic heterocycles. The smallest absolute Gasteiger partial charge is 0.103 e. The highest BCUT2D eigenvalue weighted by Crippen LogP contribution is 2.45. The van der Waals surface area contributed by atoms with E-state index in [1.807, 2.05) is 0 Å². The van der Waals surface area contributed by atoms with E-state index < -0.39 is 0 Å². The Kier molecular flexibility index (Phi) is 3.99. The third-order valence-corrected chi connectivity index (χ3v) is 5.72. The van der Waals surface area contributed by atoms with Gasteiger partial charge in [0.05, 0.1) is 5.69 Å². The van der Waals surface area contributed by atoms with E-state index in [9.17, 15) is 0 Å². The highest BCUT2D eigenvalue weighted by atomic mass is 15.4. The monoisotopic (exact) mass is 342 g/mol. The third kappa shape index (κ3) is 2.48. The standard InChI is InChI=1S/C24H26N2/c1-16-14-17(2)18(3)24(15-16)26-19(4)25(5)22-12-8-6-10-20(22)21-11-7-9-13-23(21)26/h6-15,19H,1-5H3/t19-/m0/s1. The number of hydrogen-bond acceptors (Lipinski definition) is 2. The van der Waals surface area contributed by atoms with Crippen molar-refractivity contribution < 1.29 is 0 Å². The van der Waals surface area contributed by atoms with E-state index in [2.05, 4.69) is 105 Å². The van der Waals surface area contributed by atoms with E-state index in [1.54, 1.807) is 0 Å². The lowest BCUT2D eigenvalue weighted by Gasteiger charge is -2.38. The van der Waals surface area contributed by atoms with Crippen molar-refractivity contribution in [3.05, 3.63) is 77.4 Å². The zero-order chi connectivity index (χ0) is 18.4. The molecule has 3 aromatic carbocycles. The normalized spacial score (nSPS) is 16.1. The van der Waals surface area contributed by atoms with E-state index in [0.717, 1.165) is 0 Å². The van der Waals surface area contributed by atoms with Crippen LogP contribution in [0.3, 0.4) is 0 Å². The van der Waals surface area contributed by atoms with Crippen LogP contribution in [0.1, 0.15) is 23.6 Å². The van der Waals surface area contributed by atoms with Crippen LogP contribution in [0.15, 0.2) is 60.7 Å². The summed E-state index contributed by atoms with van der Waals surface area (Å²) in [6.45, 7) is 8.91. The van der Waals surface area contributed by atoms with Gasteiger partial charge in [-0.3, -0.25) is 0 Å². The third-order valence-electron chi connectivity index (χ3n) is 5.72. The van der Waals surface area contributed by atoms with Crippen LogP contribution in [0.2, 0.25) is 0 Å². The Bertz CT molecular complexity index is 974. The van der Waals surface area contributed by atoms with Gasteiger partial charge in [-0.1, -0.05) is 42.5 Å². The molecule has 0 bridgehead atoms. The van der Waals surface area contributed by atoms with Crippen molar-refractivity contribution in [2.24, 2.45) is 0 Å². The number of aryl methyl sites for hydroxylation is 2. The number of rotatable bonds is 1. The molecule has 1 atom stereocenters. The molecule has 132 valence electrons. The molecular formula is C24H26N2. The van der Waals surface area contributed by atoms with E-state index in [1.165, 1.54) is 44.9 Å². The SMILES string of the molecule is Cc1cc(C)c(C)c(N2c3ccccc3-c3ccccc3N(C)[C@@H]2C)c1. The molecule has 26 heavy (non-hydrogen) atoms. The Hall–Kier alpha value is -2.74. The predicted molar refractivity (Wildman–Crippen MR) is 113 cm³/mol. The number of anilines is 3. The molecule has 0 aliphatic carbocycles. The topological polar surface area (TPSA) is 6.48 Å². The summed E-state index contributed by atoms with van der Waals surface area (Å²) in [6, 6.07) is 22.1. The first kappa shape index (κ1) is 16.7. The van der Waals surface area contributed by atoms with Crippen LogP contribution in [0.4, 0.5) is 17.1 Å². The lowest BCUT2D eigenvalue weighted by molar-refractivity contribution is 0.697. The molecule has 0 saturated carbocycles. The average molecular weight is 342 g/mol. The minimum Gasteiger partial charge on any atom is -0.354 e. The summed E-state index contributed by atoms with van der Waals surface area (Å²) < 4.78 is 0. The fraction of sp³-hybridized carbons (Fsp3) is 0.250. The molecule has 0 fully saturated rings. The van der Waals surface area contributed by atoms with Crippen LogP contribution in [-0.2, 0) is 0 Å². The quantitative estimate of drug-likeness (QED) is 0.518. The van der Waals surface area contributed by atoms with Crippen LogP contribution in [0.25, 0.3) is 11.1 Å². The van der Waals surface area contributed by atoms with Gasteiger partial charge in [-0.15, -0.1) is 0 Å². The maximum atomic E-state index is 2.49. The molecule has 4 rings (SSSR count). The Balaban J connectivity index is 2.03. The fourth-order valence-electron chi connectivity index (χ4n) is 4.09. The Labute approximate surface area is 156 Å². The summed E-state index contributed by atoms with van der Waals surface area (Å²) in [4.78, 5) is 4.87. The Morgan fingerprint density at radius 2 is 1.31 bits per heavy atom. The molecule has 2 heteroatoms. The highest BCUT2D eigenvalue weighted by molar-refractivity contribution is 5.92. The summed E-state index contributed by atoms with van der Waals surface area (Å²) in [6.07, 6.45) is 0.208. The van der Waals surface area contributed by atoms with Gasteiger partial charge in [0, 0.05) is 29.5 Å². The summed E-state index contributed by atoms with van der Waals surface area (Å²) in [7, 11) is 2.19. The van der Waals surface area contributed by atoms with Gasteiger partial charge in [0.25, 0.3) is 0 Å². The molecule has 0 spiro atoms. The lowest BCUT2D eigenvalue weighted by atomic mass is 9.99. The largest absolute Gasteiger partial charge is 0.354 e. The molecule has 2 nitrogen and oxygen atoms in total. The molecule has 3 aromatic rings. The van der Waals surface area contributed by atoms with Gasteiger partial charge in [-0.2, -0.15) is 0 Å². The van der Waals surface area contributed by atoms with Gasteiger partial charge >= 0.3 is 0 Å². The zero-order valence-electron chi connectivity index (χ0n) is 16.2. The van der Waals surface area contributed by atoms with Crippen LogP contribution in [-0.4, -0.2) is 13.2 Å². The van der Waals surface area contributed by atoms with Crippen molar-refractivity contribution in [1.82, 2.24) is 0 Å². The maximum absolute atomic E-state index is 2.49. The predicted octanol–water partition coefficient (Wildman–Crippen LogP) is 6.21. The van der Waals surface area contributed by atoms with Crippen LogP contribution < -0.4 is 9.80 Å². The van der Waals surface area contributed by atoms with Gasteiger partial charge in [0.2, 0.25) is 0 Å². The molecule has 0 unspecified atom stereocenters. The second-order valence-corrected chi connectivity index (χ2v) is 7.37. The molecule has 0 radical (unpaired) electrons. The summed E-state index contributed by atoms with van der Waals surface area (Å²) in [5.74, 6) is 0. The van der Waals surface area contributed by atoms with Gasteiger partial charge in [-0.05, 0) is 62.6 Å². The summed E-state index contributed by atoms with van der Waals surface area (Å²) >= 11 is 0. The molecule has 0 aromatic heterocycles. The number of para-hydroxylation sites is 2. The first-order valence-electron chi connectivity index (χ1n) is 9.27. The molecule has 1 aliphatic rings. The zero-order valence-corrected chi connectivity index (χ0v) is 16.2. The maximum Gasteiger partial charge on any atom is 0.103 e. The average Bonchev–Trinajstić information content (AvgIpc) is 2.73. The summed E-state index contributed by atoms with van der Waals surface area (Å²) in [5, 5.41) is 0. The van der Waals surface area contributed by atoms with Gasteiger partial charge in [-0.25, -0.2) is 0 Å². The number of hydrogen-bond donors (Lipinski definition) is 0. The van der Waals surface area contributed by atoms with Crippen LogP contribution in [0.5, 0.6) is 0 Å². The van der Waals surface area contributed by atoms with Gasteiger partial charge in [0.15, 0.2) is 0 Å². The number of nitrogens with zero attached hydrogens (tertiary/aromatic N) is 2. The first-order valence-corrected chi connectivity index (χ1v) is 9.27. The Morgan fingerprint density at radius 1 is 0.731 bits per heavy atom. The van der Waals surface area contributed by atoms with Gasteiger partial charge in [0.1, 0.15) is 6.17 Å². The van der Waals surface area contributed by atoms with Crippen molar-refractivity contribution in [3.8, 4) is 11.1 Å². The van der Waals surface area contributed by atoms with E-state index in [4.69, 9.17) is 0 Å². The molecule has 0 N–H and O–H groups in total. The first-order chi connectivity index (χ1) is 12.5. The second-order valence-electron chi connectivity index (χ2n) is 7.37. The molecule has 0 amide bonds. The van der Waals surface area contributed by atoms with Crippen LogP contribution >= 0.6 is 0 Å². The minimum atomic E-state index is 0.208. The van der Waals surface area contributed by atoms with Crippen molar-refractivity contribution in [2.45, 2.75) is 33.9 Å². The second kappa shape index (κ2) is 6.21. The lowest BCUT2D eigenvalue weighted by Crippen LogP contribution is -2.42. The van der Waals surface area contributed by atoms with Crippen LogP contribution in [0, 0.1) is 20.8 Å². The van der Waals surface area contributed by atoms with E-state index in [0.29, 0.717) is 0 Å². The van der Waals surface area contributed by atoms with Crippen molar-refractivity contribution in [2.75, 3.05) is 16.8 Å².